The summed E-state index contributed by atoms with van der Waals surface area (Å²) in [6.45, 7) is 8.69. The molecule has 1 atom stereocenters. The maximum atomic E-state index is 10.8. The first-order valence-electron chi connectivity index (χ1n) is 7.75. The first-order valence-corrected chi connectivity index (χ1v) is 7.75. The van der Waals surface area contributed by atoms with Crippen LogP contribution in [0.1, 0.15) is 51.0 Å². The number of nitrogens with zero attached hydrogens (tertiary/aromatic N) is 1. The van der Waals surface area contributed by atoms with E-state index in [1.807, 2.05) is 44.2 Å². The summed E-state index contributed by atoms with van der Waals surface area (Å²) in [6, 6.07) is 10.00. The molecule has 0 amide bonds. The lowest BCUT2D eigenvalue weighted by Crippen LogP contribution is -2.38. The van der Waals surface area contributed by atoms with Crippen molar-refractivity contribution in [2.24, 2.45) is 0 Å². The lowest BCUT2D eigenvalue weighted by Gasteiger charge is -2.36. The monoisotopic (exact) mass is 287 g/mol. The number of benzene rings is 1. The van der Waals surface area contributed by atoms with Crippen LogP contribution in [0.25, 0.3) is 10.9 Å². The zero-order valence-electron chi connectivity index (χ0n) is 13.4. The highest BCUT2D eigenvalue weighted by Crippen LogP contribution is 2.36. The molecule has 0 saturated heterocycles. The fourth-order valence-electron chi connectivity index (χ4n) is 2.93. The van der Waals surface area contributed by atoms with Crippen LogP contribution in [0.2, 0.25) is 0 Å². The smallest absolute Gasteiger partial charge is 0.108 e. The van der Waals surface area contributed by atoms with Crippen LogP contribution < -0.4 is 0 Å². The topological polar surface area (TPSA) is 42.4 Å². The van der Waals surface area contributed by atoms with E-state index in [0.717, 1.165) is 35.0 Å². The molecule has 3 heteroatoms. The van der Waals surface area contributed by atoms with Gasteiger partial charge in [-0.1, -0.05) is 26.0 Å². The summed E-state index contributed by atoms with van der Waals surface area (Å²) >= 11 is 0. The third-order valence-corrected chi connectivity index (χ3v) is 4.30. The van der Waals surface area contributed by atoms with Crippen LogP contribution in [0.3, 0.4) is 0 Å². The zero-order valence-corrected chi connectivity index (χ0v) is 13.4. The van der Waals surface area contributed by atoms with E-state index in [0.29, 0.717) is 6.61 Å². The number of hydrogen-bond acceptors (Lipinski definition) is 3. The summed E-state index contributed by atoms with van der Waals surface area (Å²) < 4.78 is 5.91. The Bertz CT molecular complexity index is 605. The van der Waals surface area contributed by atoms with Gasteiger partial charge in [-0.3, -0.25) is 4.98 Å². The SMILES string of the molecule is CCOC(CC)(CC)C(O)c1ccc2nc(C)ccc2c1. The lowest BCUT2D eigenvalue weighted by molar-refractivity contribution is -0.127. The molecule has 1 heterocycles. The van der Waals surface area contributed by atoms with E-state index in [-0.39, 0.29) is 0 Å². The average molecular weight is 287 g/mol. The quantitative estimate of drug-likeness (QED) is 0.867. The Balaban J connectivity index is 2.42. The molecule has 3 nitrogen and oxygen atoms in total. The second kappa shape index (κ2) is 6.54. The van der Waals surface area contributed by atoms with Crippen LogP contribution in [0.4, 0.5) is 0 Å². The van der Waals surface area contributed by atoms with E-state index in [9.17, 15) is 5.11 Å². The Hall–Kier alpha value is -1.45. The normalized spacial score (nSPS) is 13.6. The van der Waals surface area contributed by atoms with Gasteiger partial charge in [0.15, 0.2) is 0 Å². The number of rotatable bonds is 6. The molecule has 0 bridgehead atoms. The van der Waals surface area contributed by atoms with E-state index in [2.05, 4.69) is 18.8 Å². The number of aliphatic hydroxyl groups is 1. The molecule has 0 aliphatic rings. The summed E-state index contributed by atoms with van der Waals surface area (Å²) in [7, 11) is 0. The first-order chi connectivity index (χ1) is 10.1. The van der Waals surface area contributed by atoms with Gasteiger partial charge < -0.3 is 9.84 Å². The van der Waals surface area contributed by atoms with Crippen molar-refractivity contribution in [1.82, 2.24) is 4.98 Å². The summed E-state index contributed by atoms with van der Waals surface area (Å²) in [6.07, 6.45) is 0.934. The van der Waals surface area contributed by atoms with Gasteiger partial charge in [0.05, 0.1) is 11.1 Å². The average Bonchev–Trinajstić information content (AvgIpc) is 2.51. The molecule has 21 heavy (non-hydrogen) atoms. The molecule has 114 valence electrons. The van der Waals surface area contributed by atoms with Crippen molar-refractivity contribution in [3.63, 3.8) is 0 Å². The van der Waals surface area contributed by atoms with Gasteiger partial charge in [-0.15, -0.1) is 0 Å². The Labute approximate surface area is 127 Å². The third kappa shape index (κ3) is 3.09. The summed E-state index contributed by atoms with van der Waals surface area (Å²) in [5.41, 5.74) is 2.34. The molecule has 2 rings (SSSR count). The Morgan fingerprint density at radius 3 is 2.48 bits per heavy atom. The van der Waals surface area contributed by atoms with Crippen LogP contribution in [-0.4, -0.2) is 22.3 Å². The number of fused-ring (bicyclic) bond motifs is 1. The van der Waals surface area contributed by atoms with Gasteiger partial charge in [-0.05, 0) is 50.5 Å². The zero-order chi connectivity index (χ0) is 15.5. The number of ether oxygens (including phenoxy) is 1. The molecule has 0 saturated carbocycles. The summed E-state index contributed by atoms with van der Waals surface area (Å²) in [5.74, 6) is 0. The van der Waals surface area contributed by atoms with Crippen LogP contribution >= 0.6 is 0 Å². The first kappa shape index (κ1) is 15.9. The molecule has 0 fully saturated rings. The van der Waals surface area contributed by atoms with Crippen molar-refractivity contribution in [3.05, 3.63) is 41.6 Å². The molecule has 1 unspecified atom stereocenters. The Morgan fingerprint density at radius 1 is 1.14 bits per heavy atom. The summed E-state index contributed by atoms with van der Waals surface area (Å²) in [4.78, 5) is 4.50. The minimum atomic E-state index is -0.627. The van der Waals surface area contributed by atoms with Crippen molar-refractivity contribution < 1.29 is 9.84 Å². The minimum Gasteiger partial charge on any atom is -0.385 e. The van der Waals surface area contributed by atoms with Crippen molar-refractivity contribution in [1.29, 1.82) is 0 Å². The van der Waals surface area contributed by atoms with Crippen molar-refractivity contribution in [3.8, 4) is 0 Å². The van der Waals surface area contributed by atoms with Gasteiger partial charge in [0.2, 0.25) is 0 Å². The predicted octanol–water partition coefficient (Wildman–Crippen LogP) is 4.17. The molecule has 1 aromatic carbocycles. The standard InChI is InChI=1S/C18H25NO2/c1-5-18(6-2,21-7-3)17(20)15-10-11-16-14(12-15)9-8-13(4)19-16/h8-12,17,20H,5-7H2,1-4H3. The molecule has 0 spiro atoms. The molecular formula is C18H25NO2. The highest BCUT2D eigenvalue weighted by molar-refractivity contribution is 5.79. The molecular weight excluding hydrogens is 262 g/mol. The van der Waals surface area contributed by atoms with E-state index >= 15 is 0 Å². The second-order valence-corrected chi connectivity index (χ2v) is 5.51. The fraction of sp³-hybridized carbons (Fsp3) is 0.500. The number of hydrogen-bond donors (Lipinski definition) is 1. The van der Waals surface area contributed by atoms with Gasteiger partial charge in [-0.25, -0.2) is 0 Å². The second-order valence-electron chi connectivity index (χ2n) is 5.51. The predicted molar refractivity (Wildman–Crippen MR) is 86.4 cm³/mol. The minimum absolute atomic E-state index is 0.513. The van der Waals surface area contributed by atoms with Crippen molar-refractivity contribution in [2.45, 2.75) is 52.2 Å². The lowest BCUT2D eigenvalue weighted by atomic mass is 9.85. The van der Waals surface area contributed by atoms with E-state index in [1.54, 1.807) is 0 Å². The van der Waals surface area contributed by atoms with Gasteiger partial charge in [0, 0.05) is 17.7 Å². The van der Waals surface area contributed by atoms with Gasteiger partial charge in [-0.2, -0.15) is 0 Å². The number of aliphatic hydroxyl groups excluding tert-OH is 1. The van der Waals surface area contributed by atoms with Crippen LogP contribution in [-0.2, 0) is 4.74 Å². The van der Waals surface area contributed by atoms with Gasteiger partial charge >= 0.3 is 0 Å². The van der Waals surface area contributed by atoms with Crippen LogP contribution in [0, 0.1) is 6.92 Å². The Kier molecular flexibility index (Phi) is 4.96. The highest BCUT2D eigenvalue weighted by Gasteiger charge is 2.36. The number of aryl methyl sites for hydroxylation is 1. The molecule has 0 aliphatic heterocycles. The number of pyridine rings is 1. The van der Waals surface area contributed by atoms with Crippen molar-refractivity contribution in [2.75, 3.05) is 6.61 Å². The molecule has 1 N–H and O–H groups in total. The van der Waals surface area contributed by atoms with Gasteiger partial charge in [0.1, 0.15) is 6.10 Å². The largest absolute Gasteiger partial charge is 0.385 e. The third-order valence-electron chi connectivity index (χ3n) is 4.30. The van der Waals surface area contributed by atoms with Crippen LogP contribution in [0.15, 0.2) is 30.3 Å². The molecule has 0 radical (unpaired) electrons. The van der Waals surface area contributed by atoms with E-state index in [4.69, 9.17) is 4.74 Å². The fourth-order valence-corrected chi connectivity index (χ4v) is 2.93. The Morgan fingerprint density at radius 2 is 1.86 bits per heavy atom. The van der Waals surface area contributed by atoms with E-state index < -0.39 is 11.7 Å². The number of aromatic nitrogens is 1. The van der Waals surface area contributed by atoms with Crippen LogP contribution in [0.5, 0.6) is 0 Å². The van der Waals surface area contributed by atoms with Gasteiger partial charge in [0.25, 0.3) is 0 Å². The highest BCUT2D eigenvalue weighted by atomic mass is 16.5. The van der Waals surface area contributed by atoms with E-state index in [1.165, 1.54) is 0 Å². The molecule has 2 aromatic rings. The molecule has 0 aliphatic carbocycles. The molecule has 1 aromatic heterocycles. The maximum Gasteiger partial charge on any atom is 0.108 e. The van der Waals surface area contributed by atoms with Crippen molar-refractivity contribution >= 4 is 10.9 Å². The summed E-state index contributed by atoms with van der Waals surface area (Å²) in [5, 5.41) is 11.9. The maximum absolute atomic E-state index is 10.8.